The minimum atomic E-state index is 0.219. The number of methoxy groups -OCH3 is 1. The summed E-state index contributed by atoms with van der Waals surface area (Å²) < 4.78 is 10.8. The Hall–Kier alpha value is -0.900. The van der Waals surface area contributed by atoms with E-state index in [0.29, 0.717) is 34.5 Å². The molecule has 0 saturated heterocycles. The van der Waals surface area contributed by atoms with E-state index < -0.39 is 0 Å². The lowest BCUT2D eigenvalue weighted by Crippen LogP contribution is -2.07. The Morgan fingerprint density at radius 3 is 2.71 bits per heavy atom. The molecule has 0 spiro atoms. The van der Waals surface area contributed by atoms with E-state index in [1.54, 1.807) is 13.2 Å². The van der Waals surface area contributed by atoms with Crippen molar-refractivity contribution in [3.8, 4) is 11.5 Å². The van der Waals surface area contributed by atoms with Crippen LogP contribution in [0.15, 0.2) is 23.7 Å². The summed E-state index contributed by atoms with van der Waals surface area (Å²) in [5.74, 6) is 1.18. The van der Waals surface area contributed by atoms with Crippen LogP contribution < -0.4 is 15.2 Å². The fourth-order valence-corrected chi connectivity index (χ4v) is 1.72. The SMILES string of the molecule is C=C(Cl)COc1c(CCN)cc(Cl)cc1OC. The summed E-state index contributed by atoms with van der Waals surface area (Å²) in [4.78, 5) is 0. The summed E-state index contributed by atoms with van der Waals surface area (Å²) in [6.45, 7) is 4.29. The monoisotopic (exact) mass is 275 g/mol. The van der Waals surface area contributed by atoms with Crippen molar-refractivity contribution in [2.45, 2.75) is 6.42 Å². The van der Waals surface area contributed by atoms with Crippen LogP contribution in [0, 0.1) is 0 Å². The van der Waals surface area contributed by atoms with Gasteiger partial charge in [0.25, 0.3) is 0 Å². The van der Waals surface area contributed by atoms with Gasteiger partial charge in [0.2, 0.25) is 0 Å². The smallest absolute Gasteiger partial charge is 0.165 e. The first-order chi connectivity index (χ1) is 8.08. The van der Waals surface area contributed by atoms with Crippen molar-refractivity contribution in [2.24, 2.45) is 5.73 Å². The van der Waals surface area contributed by atoms with Crippen molar-refractivity contribution < 1.29 is 9.47 Å². The molecular weight excluding hydrogens is 261 g/mol. The molecule has 1 rings (SSSR count). The van der Waals surface area contributed by atoms with E-state index in [-0.39, 0.29) is 6.61 Å². The molecule has 0 heterocycles. The number of rotatable bonds is 6. The minimum absolute atomic E-state index is 0.219. The second-order valence-electron chi connectivity index (χ2n) is 3.44. The predicted molar refractivity (Wildman–Crippen MR) is 71.3 cm³/mol. The van der Waals surface area contributed by atoms with Gasteiger partial charge in [0, 0.05) is 21.7 Å². The normalized spacial score (nSPS) is 10.1. The van der Waals surface area contributed by atoms with Crippen LogP contribution in [0.4, 0.5) is 0 Å². The average Bonchev–Trinajstić information content (AvgIpc) is 2.27. The number of nitrogens with two attached hydrogens (primary N) is 1. The number of halogens is 2. The quantitative estimate of drug-likeness (QED) is 0.868. The Labute approximate surface area is 111 Å². The molecule has 0 aliphatic rings. The standard InChI is InChI=1S/C12H15Cl2NO2/c1-8(13)7-17-12-9(3-4-15)5-10(14)6-11(12)16-2/h5-6H,1,3-4,7,15H2,2H3. The van der Waals surface area contributed by atoms with Crippen molar-refractivity contribution in [3.05, 3.63) is 34.3 Å². The third-order valence-corrected chi connectivity index (χ3v) is 2.43. The Morgan fingerprint density at radius 1 is 1.47 bits per heavy atom. The van der Waals surface area contributed by atoms with Crippen LogP contribution in [0.3, 0.4) is 0 Å². The first-order valence-corrected chi connectivity index (χ1v) is 5.86. The van der Waals surface area contributed by atoms with Crippen molar-refractivity contribution in [3.63, 3.8) is 0 Å². The number of hydrogen-bond donors (Lipinski definition) is 1. The van der Waals surface area contributed by atoms with Gasteiger partial charge in [-0.3, -0.25) is 0 Å². The van der Waals surface area contributed by atoms with Crippen molar-refractivity contribution in [1.82, 2.24) is 0 Å². The summed E-state index contributed by atoms with van der Waals surface area (Å²) in [7, 11) is 1.56. The maximum atomic E-state index is 5.98. The molecule has 0 saturated carbocycles. The number of hydrogen-bond acceptors (Lipinski definition) is 3. The topological polar surface area (TPSA) is 44.5 Å². The Morgan fingerprint density at radius 2 is 2.18 bits per heavy atom. The predicted octanol–water partition coefficient (Wildman–Crippen LogP) is 2.98. The van der Waals surface area contributed by atoms with Gasteiger partial charge >= 0.3 is 0 Å². The van der Waals surface area contributed by atoms with E-state index in [4.69, 9.17) is 38.4 Å². The lowest BCUT2D eigenvalue weighted by Gasteiger charge is -2.15. The first-order valence-electron chi connectivity index (χ1n) is 5.11. The van der Waals surface area contributed by atoms with E-state index in [2.05, 4.69) is 6.58 Å². The van der Waals surface area contributed by atoms with Crippen molar-refractivity contribution >= 4 is 23.2 Å². The van der Waals surface area contributed by atoms with Gasteiger partial charge in [-0.1, -0.05) is 29.8 Å². The minimum Gasteiger partial charge on any atom is -0.493 e. The molecule has 0 amide bonds. The highest BCUT2D eigenvalue weighted by Gasteiger charge is 2.12. The average molecular weight is 276 g/mol. The molecule has 0 unspecified atom stereocenters. The second kappa shape index (κ2) is 6.74. The maximum absolute atomic E-state index is 5.98. The molecule has 0 atom stereocenters. The Bertz CT molecular complexity index is 408. The third-order valence-electron chi connectivity index (χ3n) is 2.10. The van der Waals surface area contributed by atoms with E-state index in [9.17, 15) is 0 Å². The fourth-order valence-electron chi connectivity index (χ4n) is 1.43. The highest BCUT2D eigenvalue weighted by molar-refractivity contribution is 6.31. The van der Waals surface area contributed by atoms with Crippen LogP contribution >= 0.6 is 23.2 Å². The molecule has 0 bridgehead atoms. The molecule has 0 aliphatic carbocycles. The van der Waals surface area contributed by atoms with Gasteiger partial charge in [0.15, 0.2) is 11.5 Å². The van der Waals surface area contributed by atoms with Crippen molar-refractivity contribution in [1.29, 1.82) is 0 Å². The van der Waals surface area contributed by atoms with E-state index in [1.165, 1.54) is 0 Å². The highest BCUT2D eigenvalue weighted by atomic mass is 35.5. The molecule has 1 aromatic carbocycles. The number of ether oxygens (including phenoxy) is 2. The van der Waals surface area contributed by atoms with E-state index >= 15 is 0 Å². The molecule has 0 aromatic heterocycles. The summed E-state index contributed by atoms with van der Waals surface area (Å²) >= 11 is 11.7. The summed E-state index contributed by atoms with van der Waals surface area (Å²) in [5.41, 5.74) is 6.44. The summed E-state index contributed by atoms with van der Waals surface area (Å²) in [6, 6.07) is 3.50. The number of benzene rings is 1. The Balaban J connectivity index is 3.07. The molecule has 2 N–H and O–H groups in total. The molecule has 0 fully saturated rings. The first kappa shape index (κ1) is 14.2. The van der Waals surface area contributed by atoms with Gasteiger partial charge < -0.3 is 15.2 Å². The second-order valence-corrected chi connectivity index (χ2v) is 4.41. The summed E-state index contributed by atoms with van der Waals surface area (Å²) in [6.07, 6.45) is 0.654. The van der Waals surface area contributed by atoms with Gasteiger partial charge in [0.1, 0.15) is 6.61 Å². The van der Waals surface area contributed by atoms with E-state index in [1.807, 2.05) is 6.07 Å². The van der Waals surface area contributed by atoms with Gasteiger partial charge in [0.05, 0.1) is 7.11 Å². The lowest BCUT2D eigenvalue weighted by molar-refractivity contribution is 0.321. The molecule has 94 valence electrons. The van der Waals surface area contributed by atoms with E-state index in [0.717, 1.165) is 5.56 Å². The van der Waals surface area contributed by atoms with Gasteiger partial charge in [-0.05, 0) is 19.0 Å². The highest BCUT2D eigenvalue weighted by Crippen LogP contribution is 2.35. The van der Waals surface area contributed by atoms with Gasteiger partial charge in [-0.25, -0.2) is 0 Å². The lowest BCUT2D eigenvalue weighted by atomic mass is 10.1. The third kappa shape index (κ3) is 4.11. The van der Waals surface area contributed by atoms with Crippen molar-refractivity contribution in [2.75, 3.05) is 20.3 Å². The zero-order chi connectivity index (χ0) is 12.8. The van der Waals surface area contributed by atoms with Gasteiger partial charge in [-0.15, -0.1) is 0 Å². The zero-order valence-corrected chi connectivity index (χ0v) is 11.1. The maximum Gasteiger partial charge on any atom is 0.165 e. The molecular formula is C12H15Cl2NO2. The zero-order valence-electron chi connectivity index (χ0n) is 9.63. The van der Waals surface area contributed by atoms with Crippen LogP contribution in [-0.4, -0.2) is 20.3 Å². The molecule has 3 nitrogen and oxygen atoms in total. The molecule has 17 heavy (non-hydrogen) atoms. The van der Waals surface area contributed by atoms with Crippen LogP contribution in [0.2, 0.25) is 5.02 Å². The Kier molecular flexibility index (Phi) is 5.62. The molecule has 0 radical (unpaired) electrons. The fraction of sp³-hybridized carbons (Fsp3) is 0.333. The molecule has 0 aliphatic heterocycles. The van der Waals surface area contributed by atoms with Gasteiger partial charge in [-0.2, -0.15) is 0 Å². The molecule has 1 aromatic rings. The molecule has 5 heteroatoms. The summed E-state index contributed by atoms with van der Waals surface area (Å²) in [5, 5.41) is 1.00. The largest absolute Gasteiger partial charge is 0.493 e. The van der Waals surface area contributed by atoms with Crippen LogP contribution in [0.5, 0.6) is 11.5 Å². The van der Waals surface area contributed by atoms with Crippen LogP contribution in [-0.2, 0) is 6.42 Å². The van der Waals surface area contributed by atoms with Crippen LogP contribution in [0.1, 0.15) is 5.56 Å². The van der Waals surface area contributed by atoms with Crippen LogP contribution in [0.25, 0.3) is 0 Å².